The number of hydrogen-bond acceptors (Lipinski definition) is 2. The quantitative estimate of drug-likeness (QED) is 0.852. The topological polar surface area (TPSA) is 41.1 Å². The SMILES string of the molecule is CNc1cc(C)ccc1C(=O)NC(C1CC1)C1CC1. The van der Waals surface area contributed by atoms with Gasteiger partial charge in [0.2, 0.25) is 0 Å². The van der Waals surface area contributed by atoms with E-state index in [4.69, 9.17) is 0 Å². The van der Waals surface area contributed by atoms with E-state index in [1.165, 1.54) is 31.2 Å². The van der Waals surface area contributed by atoms with Gasteiger partial charge in [0, 0.05) is 18.8 Å². The first kappa shape index (κ1) is 12.5. The van der Waals surface area contributed by atoms with Crippen molar-refractivity contribution in [1.29, 1.82) is 0 Å². The number of amides is 1. The molecular weight excluding hydrogens is 236 g/mol. The molecule has 1 amide bonds. The van der Waals surface area contributed by atoms with E-state index in [0.29, 0.717) is 6.04 Å². The molecule has 0 bridgehead atoms. The summed E-state index contributed by atoms with van der Waals surface area (Å²) in [6.45, 7) is 2.04. The predicted octanol–water partition coefficient (Wildman–Crippen LogP) is 2.96. The fourth-order valence-corrected chi connectivity index (χ4v) is 2.82. The Morgan fingerprint density at radius 2 is 1.84 bits per heavy atom. The van der Waals surface area contributed by atoms with Crippen molar-refractivity contribution in [1.82, 2.24) is 5.32 Å². The number of anilines is 1. The molecule has 19 heavy (non-hydrogen) atoms. The van der Waals surface area contributed by atoms with E-state index < -0.39 is 0 Å². The van der Waals surface area contributed by atoms with Crippen molar-refractivity contribution in [2.45, 2.75) is 38.6 Å². The van der Waals surface area contributed by atoms with Gasteiger partial charge in [-0.1, -0.05) is 6.07 Å². The molecule has 0 heterocycles. The van der Waals surface area contributed by atoms with Crippen LogP contribution in [0.4, 0.5) is 5.69 Å². The van der Waals surface area contributed by atoms with Crippen LogP contribution in [0.3, 0.4) is 0 Å². The number of hydrogen-bond donors (Lipinski definition) is 2. The fraction of sp³-hybridized carbons (Fsp3) is 0.562. The molecule has 3 heteroatoms. The predicted molar refractivity (Wildman–Crippen MR) is 77.4 cm³/mol. The Bertz CT molecular complexity index is 478. The van der Waals surface area contributed by atoms with Crippen LogP contribution in [0.5, 0.6) is 0 Å². The van der Waals surface area contributed by atoms with Crippen molar-refractivity contribution in [3.05, 3.63) is 29.3 Å². The highest BCUT2D eigenvalue weighted by molar-refractivity contribution is 6.00. The molecule has 0 saturated heterocycles. The third-order valence-electron chi connectivity index (χ3n) is 4.25. The van der Waals surface area contributed by atoms with Gasteiger partial charge in [-0.05, 0) is 62.1 Å². The van der Waals surface area contributed by atoms with Gasteiger partial charge in [0.25, 0.3) is 5.91 Å². The minimum absolute atomic E-state index is 0.0770. The summed E-state index contributed by atoms with van der Waals surface area (Å²) < 4.78 is 0. The molecular formula is C16H22N2O. The normalized spacial score (nSPS) is 18.5. The third-order valence-corrected chi connectivity index (χ3v) is 4.25. The molecule has 1 aromatic rings. The maximum Gasteiger partial charge on any atom is 0.253 e. The highest BCUT2D eigenvalue weighted by Gasteiger charge is 2.42. The molecule has 3 nitrogen and oxygen atoms in total. The van der Waals surface area contributed by atoms with E-state index in [2.05, 4.69) is 10.6 Å². The zero-order valence-corrected chi connectivity index (χ0v) is 11.7. The fourth-order valence-electron chi connectivity index (χ4n) is 2.82. The first-order valence-corrected chi connectivity index (χ1v) is 7.28. The van der Waals surface area contributed by atoms with Gasteiger partial charge >= 0.3 is 0 Å². The van der Waals surface area contributed by atoms with Crippen LogP contribution in [-0.4, -0.2) is 19.0 Å². The standard InChI is InChI=1S/C16H22N2O/c1-10-3-8-13(14(9-10)17-2)16(19)18-15(11-4-5-11)12-6-7-12/h3,8-9,11-12,15,17H,4-7H2,1-2H3,(H,18,19). The number of nitrogens with one attached hydrogen (secondary N) is 2. The van der Waals surface area contributed by atoms with E-state index in [1.54, 1.807) is 0 Å². The highest BCUT2D eigenvalue weighted by atomic mass is 16.1. The summed E-state index contributed by atoms with van der Waals surface area (Å²) in [4.78, 5) is 12.5. The molecule has 0 aliphatic heterocycles. The third kappa shape index (κ3) is 2.75. The maximum atomic E-state index is 12.5. The van der Waals surface area contributed by atoms with E-state index >= 15 is 0 Å². The number of rotatable bonds is 5. The van der Waals surface area contributed by atoms with Gasteiger partial charge in [-0.3, -0.25) is 4.79 Å². The summed E-state index contributed by atoms with van der Waals surface area (Å²) in [7, 11) is 1.87. The van der Waals surface area contributed by atoms with Crippen molar-refractivity contribution in [3.63, 3.8) is 0 Å². The lowest BCUT2D eigenvalue weighted by atomic mass is 10.0. The van der Waals surface area contributed by atoms with Crippen molar-refractivity contribution in [2.75, 3.05) is 12.4 Å². The largest absolute Gasteiger partial charge is 0.387 e. The molecule has 0 aromatic heterocycles. The Morgan fingerprint density at radius 1 is 1.21 bits per heavy atom. The number of carbonyl (C=O) groups excluding carboxylic acids is 1. The highest BCUT2D eigenvalue weighted by Crippen LogP contribution is 2.44. The summed E-state index contributed by atoms with van der Waals surface area (Å²) in [5.74, 6) is 1.55. The lowest BCUT2D eigenvalue weighted by Gasteiger charge is -2.19. The minimum Gasteiger partial charge on any atom is -0.387 e. The molecule has 3 rings (SSSR count). The number of aryl methyl sites for hydroxylation is 1. The van der Waals surface area contributed by atoms with Crippen LogP contribution >= 0.6 is 0 Å². The first-order chi connectivity index (χ1) is 9.19. The van der Waals surface area contributed by atoms with Crippen molar-refractivity contribution in [3.8, 4) is 0 Å². The monoisotopic (exact) mass is 258 g/mol. The smallest absolute Gasteiger partial charge is 0.253 e. The number of benzene rings is 1. The van der Waals surface area contributed by atoms with Gasteiger partial charge < -0.3 is 10.6 Å². The molecule has 0 radical (unpaired) electrons. The Hall–Kier alpha value is -1.51. The first-order valence-electron chi connectivity index (χ1n) is 7.28. The van der Waals surface area contributed by atoms with Crippen LogP contribution in [0, 0.1) is 18.8 Å². The molecule has 0 spiro atoms. The van der Waals surface area contributed by atoms with Gasteiger partial charge in [-0.15, -0.1) is 0 Å². The Morgan fingerprint density at radius 3 is 2.37 bits per heavy atom. The molecule has 2 saturated carbocycles. The Kier molecular flexibility index (Phi) is 3.21. The van der Waals surface area contributed by atoms with Crippen LogP contribution in [0.25, 0.3) is 0 Å². The Balaban J connectivity index is 1.75. The summed E-state index contributed by atoms with van der Waals surface area (Å²) in [5, 5.41) is 6.39. The Labute approximate surface area is 114 Å². The molecule has 2 N–H and O–H groups in total. The summed E-state index contributed by atoms with van der Waals surface area (Å²) >= 11 is 0. The molecule has 2 aliphatic rings. The molecule has 1 aromatic carbocycles. The van der Waals surface area contributed by atoms with E-state index in [0.717, 1.165) is 23.1 Å². The molecule has 2 fully saturated rings. The maximum absolute atomic E-state index is 12.5. The van der Waals surface area contributed by atoms with Gasteiger partial charge in [0.05, 0.1) is 5.56 Å². The molecule has 0 unspecified atom stereocenters. The molecule has 2 aliphatic carbocycles. The van der Waals surface area contributed by atoms with Crippen LogP contribution in [0.2, 0.25) is 0 Å². The van der Waals surface area contributed by atoms with Gasteiger partial charge in [-0.25, -0.2) is 0 Å². The second kappa shape index (κ2) is 4.87. The van der Waals surface area contributed by atoms with Crippen LogP contribution in [0.1, 0.15) is 41.6 Å². The molecule has 102 valence electrons. The second-order valence-corrected chi connectivity index (χ2v) is 5.97. The second-order valence-electron chi connectivity index (χ2n) is 5.97. The minimum atomic E-state index is 0.0770. The van der Waals surface area contributed by atoms with E-state index in [1.807, 2.05) is 32.2 Å². The zero-order chi connectivity index (χ0) is 13.4. The lowest BCUT2D eigenvalue weighted by molar-refractivity contribution is 0.0927. The van der Waals surface area contributed by atoms with Gasteiger partial charge in [-0.2, -0.15) is 0 Å². The van der Waals surface area contributed by atoms with Crippen molar-refractivity contribution in [2.24, 2.45) is 11.8 Å². The zero-order valence-electron chi connectivity index (χ0n) is 11.7. The average molecular weight is 258 g/mol. The van der Waals surface area contributed by atoms with Gasteiger partial charge in [0.1, 0.15) is 0 Å². The van der Waals surface area contributed by atoms with Crippen molar-refractivity contribution < 1.29 is 4.79 Å². The summed E-state index contributed by atoms with van der Waals surface area (Å²) in [6.07, 6.45) is 5.14. The van der Waals surface area contributed by atoms with Crippen LogP contribution in [0.15, 0.2) is 18.2 Å². The summed E-state index contributed by atoms with van der Waals surface area (Å²) in [6, 6.07) is 6.36. The van der Waals surface area contributed by atoms with Gasteiger partial charge in [0.15, 0.2) is 0 Å². The van der Waals surface area contributed by atoms with Crippen LogP contribution in [-0.2, 0) is 0 Å². The lowest BCUT2D eigenvalue weighted by Crippen LogP contribution is -2.38. The number of carbonyl (C=O) groups is 1. The average Bonchev–Trinajstić information content (AvgIpc) is 3.28. The summed E-state index contributed by atoms with van der Waals surface area (Å²) in [5.41, 5.74) is 2.85. The molecule has 0 atom stereocenters. The van der Waals surface area contributed by atoms with E-state index in [-0.39, 0.29) is 5.91 Å². The van der Waals surface area contributed by atoms with Crippen molar-refractivity contribution >= 4 is 11.6 Å². The van der Waals surface area contributed by atoms with E-state index in [9.17, 15) is 4.79 Å². The van der Waals surface area contributed by atoms with Crippen LogP contribution < -0.4 is 10.6 Å².